The lowest BCUT2D eigenvalue weighted by Crippen LogP contribution is -2.41. The summed E-state index contributed by atoms with van der Waals surface area (Å²) in [5, 5.41) is 10.0. The van der Waals surface area contributed by atoms with Crippen LogP contribution in [-0.2, 0) is 6.54 Å². The number of likely N-dealkylation sites (tertiary alicyclic amines) is 1. The number of hydrogen-bond acceptors (Lipinski definition) is 4. The standard InChI is InChI=1S/C19H35N5S.HI/c1-5-20-19(22-13-18-23-17(14-25-18)15(2)3)21-10-8-12-24-11-7-6-9-16(24)4;/h14-16H,5-13H2,1-4H3,(H2,20,21,22);1H. The lowest BCUT2D eigenvalue weighted by atomic mass is 10.0. The van der Waals surface area contributed by atoms with Crippen LogP contribution in [0, 0.1) is 0 Å². The zero-order valence-corrected chi connectivity index (χ0v) is 19.9. The SMILES string of the molecule is CCNC(=NCc1nc(C(C)C)cs1)NCCCN1CCCCC1C.I. The van der Waals surface area contributed by atoms with Gasteiger partial charge in [0, 0.05) is 31.1 Å². The molecule has 0 aliphatic carbocycles. The Morgan fingerprint density at radius 3 is 2.85 bits per heavy atom. The lowest BCUT2D eigenvalue weighted by Gasteiger charge is -2.33. The van der Waals surface area contributed by atoms with Gasteiger partial charge in [-0.15, -0.1) is 35.3 Å². The van der Waals surface area contributed by atoms with Crippen LogP contribution < -0.4 is 10.6 Å². The summed E-state index contributed by atoms with van der Waals surface area (Å²) >= 11 is 1.70. The number of aliphatic imine (C=N–C) groups is 1. The van der Waals surface area contributed by atoms with Crippen LogP contribution in [0.25, 0.3) is 0 Å². The Bertz CT molecular complexity index is 532. The van der Waals surface area contributed by atoms with Gasteiger partial charge in [-0.05, 0) is 45.6 Å². The summed E-state index contributed by atoms with van der Waals surface area (Å²) in [6, 6.07) is 0.746. The van der Waals surface area contributed by atoms with Gasteiger partial charge >= 0.3 is 0 Å². The van der Waals surface area contributed by atoms with Gasteiger partial charge in [0.15, 0.2) is 5.96 Å². The van der Waals surface area contributed by atoms with E-state index in [9.17, 15) is 0 Å². The molecule has 2 heterocycles. The molecule has 7 heteroatoms. The first-order valence-corrected chi connectivity index (χ1v) is 10.7. The number of nitrogens with one attached hydrogen (secondary N) is 2. The number of guanidine groups is 1. The van der Waals surface area contributed by atoms with Crippen LogP contribution >= 0.6 is 35.3 Å². The molecule has 0 amide bonds. The van der Waals surface area contributed by atoms with Crippen molar-refractivity contribution in [1.29, 1.82) is 0 Å². The highest BCUT2D eigenvalue weighted by atomic mass is 127. The molecule has 26 heavy (non-hydrogen) atoms. The van der Waals surface area contributed by atoms with E-state index in [0.29, 0.717) is 12.5 Å². The second-order valence-electron chi connectivity index (χ2n) is 7.18. The monoisotopic (exact) mass is 493 g/mol. The van der Waals surface area contributed by atoms with E-state index in [1.165, 1.54) is 38.0 Å². The normalized spacial score (nSPS) is 18.7. The van der Waals surface area contributed by atoms with Crippen LogP contribution in [-0.4, -0.2) is 48.1 Å². The average molecular weight is 494 g/mol. The van der Waals surface area contributed by atoms with E-state index in [0.717, 1.165) is 36.5 Å². The molecule has 1 fully saturated rings. The summed E-state index contributed by atoms with van der Waals surface area (Å²) < 4.78 is 0. The van der Waals surface area contributed by atoms with Crippen LogP contribution in [0.3, 0.4) is 0 Å². The molecule has 1 aromatic rings. The zero-order chi connectivity index (χ0) is 18.1. The van der Waals surface area contributed by atoms with Gasteiger partial charge < -0.3 is 15.5 Å². The fraction of sp³-hybridized carbons (Fsp3) is 0.789. The van der Waals surface area contributed by atoms with Gasteiger partial charge in [0.2, 0.25) is 0 Å². The van der Waals surface area contributed by atoms with Crippen molar-refractivity contribution in [2.45, 2.75) is 71.9 Å². The summed E-state index contributed by atoms with van der Waals surface area (Å²) in [5.74, 6) is 1.38. The minimum absolute atomic E-state index is 0. The Labute approximate surface area is 180 Å². The van der Waals surface area contributed by atoms with E-state index in [1.54, 1.807) is 11.3 Å². The maximum absolute atomic E-state index is 4.68. The molecule has 1 aliphatic heterocycles. The van der Waals surface area contributed by atoms with Crippen molar-refractivity contribution < 1.29 is 0 Å². The Hall–Kier alpha value is -0.410. The van der Waals surface area contributed by atoms with E-state index < -0.39 is 0 Å². The molecule has 0 spiro atoms. The molecule has 150 valence electrons. The van der Waals surface area contributed by atoms with Gasteiger partial charge in [-0.2, -0.15) is 0 Å². The van der Waals surface area contributed by atoms with Crippen molar-refractivity contribution >= 4 is 41.3 Å². The minimum Gasteiger partial charge on any atom is -0.357 e. The third-order valence-electron chi connectivity index (χ3n) is 4.73. The molecule has 1 atom stereocenters. The smallest absolute Gasteiger partial charge is 0.191 e. The maximum Gasteiger partial charge on any atom is 0.191 e. The number of piperidine rings is 1. The summed E-state index contributed by atoms with van der Waals surface area (Å²) in [4.78, 5) is 12.0. The van der Waals surface area contributed by atoms with Crippen LogP contribution in [0.1, 0.15) is 70.0 Å². The zero-order valence-electron chi connectivity index (χ0n) is 16.8. The van der Waals surface area contributed by atoms with Gasteiger partial charge in [0.05, 0.1) is 12.2 Å². The highest BCUT2D eigenvalue weighted by Crippen LogP contribution is 2.18. The number of halogens is 1. The fourth-order valence-corrected chi connectivity index (χ4v) is 4.01. The van der Waals surface area contributed by atoms with Crippen molar-refractivity contribution in [3.63, 3.8) is 0 Å². The third kappa shape index (κ3) is 8.08. The van der Waals surface area contributed by atoms with Crippen LogP contribution in [0.4, 0.5) is 0 Å². The molecular weight excluding hydrogens is 457 g/mol. The highest BCUT2D eigenvalue weighted by Gasteiger charge is 2.17. The predicted octanol–water partition coefficient (Wildman–Crippen LogP) is 4.20. The maximum atomic E-state index is 4.68. The number of hydrogen-bond donors (Lipinski definition) is 2. The molecule has 2 N–H and O–H groups in total. The second kappa shape index (κ2) is 12.9. The van der Waals surface area contributed by atoms with Crippen LogP contribution in [0.5, 0.6) is 0 Å². The van der Waals surface area contributed by atoms with E-state index in [2.05, 4.69) is 58.6 Å². The molecular formula is C19H36IN5S. The highest BCUT2D eigenvalue weighted by molar-refractivity contribution is 14.0. The molecule has 0 saturated carbocycles. The largest absolute Gasteiger partial charge is 0.357 e. The number of thiazole rings is 1. The van der Waals surface area contributed by atoms with Gasteiger partial charge in [-0.1, -0.05) is 20.3 Å². The van der Waals surface area contributed by atoms with Gasteiger partial charge in [-0.25, -0.2) is 9.98 Å². The summed E-state index contributed by atoms with van der Waals surface area (Å²) in [6.07, 6.45) is 5.25. The van der Waals surface area contributed by atoms with Crippen molar-refractivity contribution in [3.05, 3.63) is 16.1 Å². The number of nitrogens with zero attached hydrogens (tertiary/aromatic N) is 3. The lowest BCUT2D eigenvalue weighted by molar-refractivity contribution is 0.159. The summed E-state index contributed by atoms with van der Waals surface area (Å²) in [5.41, 5.74) is 1.17. The quantitative estimate of drug-likeness (QED) is 0.247. The third-order valence-corrected chi connectivity index (χ3v) is 5.58. The van der Waals surface area contributed by atoms with E-state index >= 15 is 0 Å². The van der Waals surface area contributed by atoms with E-state index in [4.69, 9.17) is 0 Å². The molecule has 2 rings (SSSR count). The summed E-state index contributed by atoms with van der Waals surface area (Å²) in [6.45, 7) is 13.7. The van der Waals surface area contributed by atoms with Gasteiger partial charge in [-0.3, -0.25) is 0 Å². The topological polar surface area (TPSA) is 52.6 Å². The van der Waals surface area contributed by atoms with E-state index in [-0.39, 0.29) is 24.0 Å². The Kier molecular flexibility index (Phi) is 11.7. The Morgan fingerprint density at radius 2 is 2.19 bits per heavy atom. The van der Waals surface area contributed by atoms with Gasteiger partial charge in [0.1, 0.15) is 5.01 Å². The number of rotatable bonds is 8. The molecule has 1 unspecified atom stereocenters. The van der Waals surface area contributed by atoms with E-state index in [1.807, 2.05) is 0 Å². The molecule has 0 radical (unpaired) electrons. The second-order valence-corrected chi connectivity index (χ2v) is 8.12. The van der Waals surface area contributed by atoms with Crippen LogP contribution in [0.15, 0.2) is 10.4 Å². The molecule has 5 nitrogen and oxygen atoms in total. The first-order valence-electron chi connectivity index (χ1n) is 9.80. The predicted molar refractivity (Wildman–Crippen MR) is 124 cm³/mol. The Balaban J connectivity index is 0.00000338. The molecule has 0 aromatic carbocycles. The first-order chi connectivity index (χ1) is 12.1. The number of aromatic nitrogens is 1. The molecule has 1 aromatic heterocycles. The molecule has 0 bridgehead atoms. The van der Waals surface area contributed by atoms with Crippen molar-refractivity contribution in [1.82, 2.24) is 20.5 Å². The first kappa shape index (κ1) is 23.6. The minimum atomic E-state index is 0. The average Bonchev–Trinajstić information content (AvgIpc) is 3.07. The van der Waals surface area contributed by atoms with Crippen LogP contribution in [0.2, 0.25) is 0 Å². The van der Waals surface area contributed by atoms with Crippen molar-refractivity contribution in [2.75, 3.05) is 26.2 Å². The summed E-state index contributed by atoms with van der Waals surface area (Å²) in [7, 11) is 0. The van der Waals surface area contributed by atoms with Gasteiger partial charge in [0.25, 0.3) is 0 Å². The van der Waals surface area contributed by atoms with Crippen molar-refractivity contribution in [2.24, 2.45) is 4.99 Å². The van der Waals surface area contributed by atoms with Crippen molar-refractivity contribution in [3.8, 4) is 0 Å². The molecule has 1 saturated heterocycles. The fourth-order valence-electron chi connectivity index (χ4n) is 3.13. The Morgan fingerprint density at radius 1 is 1.38 bits per heavy atom. The molecule has 1 aliphatic rings.